The minimum atomic E-state index is -0.229. The lowest BCUT2D eigenvalue weighted by molar-refractivity contribution is -0.143. The molecule has 5 atom stereocenters. The Balaban J connectivity index is 1.86. The van der Waals surface area contributed by atoms with Crippen molar-refractivity contribution in [3.63, 3.8) is 0 Å². The second-order valence-electron chi connectivity index (χ2n) is 5.74. The highest BCUT2D eigenvalue weighted by Gasteiger charge is 2.60. The van der Waals surface area contributed by atoms with E-state index in [1.54, 1.807) is 6.08 Å². The largest absolute Gasteiger partial charge is 0.396 e. The molecular weight excluding hydrogens is 242 g/mol. The summed E-state index contributed by atoms with van der Waals surface area (Å²) in [6.07, 6.45) is 7.84. The van der Waals surface area contributed by atoms with Crippen LogP contribution in [0.4, 0.5) is 0 Å². The molecule has 2 aliphatic carbocycles. The minimum absolute atomic E-state index is 0.0179. The summed E-state index contributed by atoms with van der Waals surface area (Å²) in [7, 11) is 0. The number of nitrogens with zero attached hydrogens (tertiary/aromatic N) is 1. The molecular formula is C15H19NO3. The summed E-state index contributed by atoms with van der Waals surface area (Å²) in [6.45, 7) is 3.66. The van der Waals surface area contributed by atoms with Crippen molar-refractivity contribution in [2.75, 3.05) is 6.61 Å². The number of amides is 2. The first kappa shape index (κ1) is 12.6. The standard InChI is InChI=1S/C15H19NO3/c1-2-3-11(6-7-17)16-14(18)12-9-4-5-10(8-9)13(12)15(16)19/h2,4-5,9-13,17H,1,3,6-8H2. The van der Waals surface area contributed by atoms with Crippen LogP contribution in [-0.4, -0.2) is 34.5 Å². The highest BCUT2D eigenvalue weighted by molar-refractivity contribution is 6.06. The van der Waals surface area contributed by atoms with Crippen molar-refractivity contribution in [3.05, 3.63) is 24.8 Å². The summed E-state index contributed by atoms with van der Waals surface area (Å²) in [5, 5.41) is 9.12. The summed E-state index contributed by atoms with van der Waals surface area (Å²) in [6, 6.07) is -0.229. The van der Waals surface area contributed by atoms with E-state index in [2.05, 4.69) is 18.7 Å². The summed E-state index contributed by atoms with van der Waals surface area (Å²) in [4.78, 5) is 26.5. The molecule has 1 heterocycles. The third kappa shape index (κ3) is 1.70. The SMILES string of the molecule is C=CCC(CCO)N1C(=O)C2C3C=CC(C3)C2C1=O. The Morgan fingerprint density at radius 3 is 2.37 bits per heavy atom. The summed E-state index contributed by atoms with van der Waals surface area (Å²) < 4.78 is 0. The van der Waals surface area contributed by atoms with Gasteiger partial charge in [-0.3, -0.25) is 14.5 Å². The summed E-state index contributed by atoms with van der Waals surface area (Å²) >= 11 is 0. The molecule has 0 aromatic heterocycles. The molecule has 102 valence electrons. The van der Waals surface area contributed by atoms with Crippen LogP contribution in [-0.2, 0) is 9.59 Å². The minimum Gasteiger partial charge on any atom is -0.396 e. The Kier molecular flexibility index (Phi) is 3.05. The van der Waals surface area contributed by atoms with Crippen molar-refractivity contribution in [2.45, 2.75) is 25.3 Å². The van der Waals surface area contributed by atoms with Crippen molar-refractivity contribution < 1.29 is 14.7 Å². The van der Waals surface area contributed by atoms with Crippen LogP contribution in [0.25, 0.3) is 0 Å². The Morgan fingerprint density at radius 1 is 1.32 bits per heavy atom. The van der Waals surface area contributed by atoms with Gasteiger partial charge < -0.3 is 5.11 Å². The fraction of sp³-hybridized carbons (Fsp3) is 0.600. The molecule has 0 spiro atoms. The Labute approximate surface area is 112 Å². The van der Waals surface area contributed by atoms with Crippen LogP contribution >= 0.6 is 0 Å². The predicted molar refractivity (Wildman–Crippen MR) is 69.9 cm³/mol. The molecule has 4 nitrogen and oxygen atoms in total. The maximum absolute atomic E-state index is 12.5. The van der Waals surface area contributed by atoms with E-state index in [1.807, 2.05) is 0 Å². The lowest BCUT2D eigenvalue weighted by Gasteiger charge is -2.26. The maximum Gasteiger partial charge on any atom is 0.233 e. The van der Waals surface area contributed by atoms with Crippen molar-refractivity contribution in [1.82, 2.24) is 4.90 Å². The molecule has 2 bridgehead atoms. The zero-order chi connectivity index (χ0) is 13.6. The highest BCUT2D eigenvalue weighted by Crippen LogP contribution is 2.53. The van der Waals surface area contributed by atoms with Gasteiger partial charge in [0.05, 0.1) is 11.8 Å². The van der Waals surface area contributed by atoms with Gasteiger partial charge in [0, 0.05) is 12.6 Å². The van der Waals surface area contributed by atoms with E-state index in [-0.39, 0.29) is 48.1 Å². The average molecular weight is 261 g/mol. The summed E-state index contributed by atoms with van der Waals surface area (Å²) in [5.74, 6) is 0.131. The zero-order valence-corrected chi connectivity index (χ0v) is 10.9. The van der Waals surface area contributed by atoms with Gasteiger partial charge in [-0.15, -0.1) is 6.58 Å². The third-order valence-corrected chi connectivity index (χ3v) is 4.77. The lowest BCUT2D eigenvalue weighted by atomic mass is 9.85. The topological polar surface area (TPSA) is 57.6 Å². The number of likely N-dealkylation sites (tertiary alicyclic amines) is 1. The van der Waals surface area contributed by atoms with E-state index >= 15 is 0 Å². The molecule has 4 heteroatoms. The molecule has 1 saturated heterocycles. The number of hydrogen-bond acceptors (Lipinski definition) is 3. The van der Waals surface area contributed by atoms with Gasteiger partial charge in [-0.2, -0.15) is 0 Å². The molecule has 5 unspecified atom stereocenters. The zero-order valence-electron chi connectivity index (χ0n) is 10.9. The van der Waals surface area contributed by atoms with E-state index < -0.39 is 0 Å². The first-order valence-electron chi connectivity index (χ1n) is 6.96. The van der Waals surface area contributed by atoms with Gasteiger partial charge in [0.15, 0.2) is 0 Å². The number of rotatable bonds is 5. The molecule has 2 fully saturated rings. The van der Waals surface area contributed by atoms with E-state index in [0.29, 0.717) is 12.8 Å². The molecule has 1 aliphatic heterocycles. The van der Waals surface area contributed by atoms with Crippen LogP contribution in [0.1, 0.15) is 19.3 Å². The molecule has 0 aromatic carbocycles. The highest BCUT2D eigenvalue weighted by atomic mass is 16.3. The van der Waals surface area contributed by atoms with Crippen LogP contribution in [0.15, 0.2) is 24.8 Å². The molecule has 3 rings (SSSR count). The van der Waals surface area contributed by atoms with Gasteiger partial charge in [0.1, 0.15) is 0 Å². The molecule has 1 N–H and O–H groups in total. The van der Waals surface area contributed by atoms with Gasteiger partial charge in [-0.25, -0.2) is 0 Å². The number of carbonyl (C=O) groups is 2. The van der Waals surface area contributed by atoms with Gasteiger partial charge in [0.25, 0.3) is 0 Å². The number of fused-ring (bicyclic) bond motifs is 5. The van der Waals surface area contributed by atoms with E-state index in [0.717, 1.165) is 6.42 Å². The summed E-state index contributed by atoms with van der Waals surface area (Å²) in [5.41, 5.74) is 0. The first-order valence-corrected chi connectivity index (χ1v) is 6.96. The molecule has 19 heavy (non-hydrogen) atoms. The Hall–Kier alpha value is -1.42. The van der Waals surface area contributed by atoms with Crippen molar-refractivity contribution in [2.24, 2.45) is 23.7 Å². The van der Waals surface area contributed by atoms with Gasteiger partial charge in [-0.05, 0) is 31.1 Å². The second-order valence-corrected chi connectivity index (χ2v) is 5.74. The maximum atomic E-state index is 12.5. The lowest BCUT2D eigenvalue weighted by Crippen LogP contribution is -2.42. The van der Waals surface area contributed by atoms with Crippen LogP contribution in [0.3, 0.4) is 0 Å². The van der Waals surface area contributed by atoms with Gasteiger partial charge in [-0.1, -0.05) is 18.2 Å². The number of hydrogen-bond donors (Lipinski definition) is 1. The fourth-order valence-corrected chi connectivity index (χ4v) is 3.98. The Morgan fingerprint density at radius 2 is 1.89 bits per heavy atom. The monoisotopic (exact) mass is 261 g/mol. The number of imide groups is 1. The average Bonchev–Trinajstić information content (AvgIpc) is 3.04. The van der Waals surface area contributed by atoms with Crippen molar-refractivity contribution >= 4 is 11.8 Å². The number of carbonyl (C=O) groups excluding carboxylic acids is 2. The molecule has 1 saturated carbocycles. The normalized spacial score (nSPS) is 37.0. The predicted octanol–water partition coefficient (Wildman–Crippen LogP) is 1.12. The van der Waals surface area contributed by atoms with Crippen LogP contribution in [0.2, 0.25) is 0 Å². The second kappa shape index (κ2) is 4.60. The molecule has 2 amide bonds. The van der Waals surface area contributed by atoms with Crippen LogP contribution < -0.4 is 0 Å². The van der Waals surface area contributed by atoms with Crippen LogP contribution in [0.5, 0.6) is 0 Å². The van der Waals surface area contributed by atoms with E-state index in [9.17, 15) is 9.59 Å². The molecule has 0 radical (unpaired) electrons. The first-order chi connectivity index (χ1) is 9.19. The molecule has 0 aromatic rings. The smallest absolute Gasteiger partial charge is 0.233 e. The van der Waals surface area contributed by atoms with Crippen molar-refractivity contribution in [3.8, 4) is 0 Å². The number of aliphatic hydroxyl groups is 1. The quantitative estimate of drug-likeness (QED) is 0.596. The third-order valence-electron chi connectivity index (χ3n) is 4.77. The number of allylic oxidation sites excluding steroid dienone is 2. The van der Waals surface area contributed by atoms with Crippen LogP contribution in [0, 0.1) is 23.7 Å². The number of aliphatic hydroxyl groups excluding tert-OH is 1. The fourth-order valence-electron chi connectivity index (χ4n) is 3.98. The Bertz CT molecular complexity index is 426. The van der Waals surface area contributed by atoms with E-state index in [4.69, 9.17) is 5.11 Å². The molecule has 3 aliphatic rings. The van der Waals surface area contributed by atoms with Gasteiger partial charge in [0.2, 0.25) is 11.8 Å². The van der Waals surface area contributed by atoms with Gasteiger partial charge >= 0.3 is 0 Å². The van der Waals surface area contributed by atoms with E-state index in [1.165, 1.54) is 4.90 Å². The van der Waals surface area contributed by atoms with Crippen molar-refractivity contribution in [1.29, 1.82) is 0 Å².